The molecule has 1 aliphatic rings. The van der Waals surface area contributed by atoms with Crippen LogP contribution in [0.15, 0.2) is 76.8 Å². The van der Waals surface area contributed by atoms with Gasteiger partial charge in [0.25, 0.3) is 0 Å². The smallest absolute Gasteiger partial charge is 0.243 e. The van der Waals surface area contributed by atoms with Crippen LogP contribution in [0.2, 0.25) is 0 Å². The molecule has 3 aromatic rings. The molecule has 1 heterocycles. The van der Waals surface area contributed by atoms with E-state index < -0.39 is 33.6 Å². The number of ether oxygens (including phenoxy) is 1. The maximum Gasteiger partial charge on any atom is 0.243 e. The third-order valence-electron chi connectivity index (χ3n) is 5.37. The fourth-order valence-corrected chi connectivity index (χ4v) is 5.09. The fraction of sp³-hybridized carbons (Fsp3) is 0.208. The van der Waals surface area contributed by atoms with Gasteiger partial charge >= 0.3 is 0 Å². The molecule has 0 aliphatic carbocycles. The Morgan fingerprint density at radius 2 is 1.74 bits per heavy atom. The van der Waals surface area contributed by atoms with Crippen LogP contribution in [0.5, 0.6) is 5.75 Å². The van der Waals surface area contributed by atoms with Crippen LogP contribution in [0, 0.1) is 17.5 Å². The van der Waals surface area contributed by atoms with Crippen LogP contribution in [0.1, 0.15) is 17.5 Å². The van der Waals surface area contributed by atoms with E-state index >= 15 is 0 Å². The predicted octanol–water partition coefficient (Wildman–Crippen LogP) is 4.50. The second kappa shape index (κ2) is 9.86. The van der Waals surface area contributed by atoms with Gasteiger partial charge in [0.1, 0.15) is 29.3 Å². The first-order chi connectivity index (χ1) is 16.3. The molecule has 0 amide bonds. The minimum atomic E-state index is -4.17. The number of nitrogens with zero attached hydrogens (tertiary/aromatic N) is 2. The van der Waals surface area contributed by atoms with E-state index in [1.54, 1.807) is 6.07 Å². The first-order valence-electron chi connectivity index (χ1n) is 10.3. The summed E-state index contributed by atoms with van der Waals surface area (Å²) in [4.78, 5) is 5.33. The molecule has 0 radical (unpaired) electrons. The van der Waals surface area contributed by atoms with Gasteiger partial charge in [-0.05, 0) is 42.5 Å². The van der Waals surface area contributed by atoms with Crippen LogP contribution in [0.25, 0.3) is 0 Å². The Hall–Kier alpha value is -3.37. The monoisotopic (exact) mass is 490 g/mol. The Morgan fingerprint density at radius 1 is 1.03 bits per heavy atom. The molecule has 0 bridgehead atoms. The van der Waals surface area contributed by atoms with Gasteiger partial charge in [-0.15, -0.1) is 0 Å². The minimum absolute atomic E-state index is 0.0176. The zero-order chi connectivity index (χ0) is 24.3. The highest BCUT2D eigenvalue weighted by Crippen LogP contribution is 2.27. The van der Waals surface area contributed by atoms with Crippen LogP contribution >= 0.6 is 0 Å². The third kappa shape index (κ3) is 5.07. The van der Waals surface area contributed by atoms with Crippen LogP contribution in [-0.4, -0.2) is 38.2 Å². The van der Waals surface area contributed by atoms with E-state index in [9.17, 15) is 21.6 Å². The van der Waals surface area contributed by atoms with E-state index in [1.807, 2.05) is 18.2 Å². The molecule has 4 rings (SSSR count). The average Bonchev–Trinajstić information content (AvgIpc) is 3.29. The van der Waals surface area contributed by atoms with Crippen molar-refractivity contribution in [2.45, 2.75) is 24.0 Å². The molecule has 178 valence electrons. The molecule has 1 unspecified atom stereocenters. The molecule has 0 spiro atoms. The summed E-state index contributed by atoms with van der Waals surface area (Å²) in [6.45, 7) is -0.547. The van der Waals surface area contributed by atoms with Crippen molar-refractivity contribution < 1.29 is 31.2 Å². The van der Waals surface area contributed by atoms with Crippen LogP contribution in [-0.2, 0) is 21.4 Å². The second-order valence-corrected chi connectivity index (χ2v) is 9.59. The highest BCUT2D eigenvalue weighted by atomic mass is 32.2. The van der Waals surface area contributed by atoms with Crippen molar-refractivity contribution >= 4 is 15.7 Å². The number of hydrogen-bond donors (Lipinski definition) is 0. The Bertz CT molecular complexity index is 1310. The summed E-state index contributed by atoms with van der Waals surface area (Å²) in [5.41, 5.74) is 1.27. The van der Waals surface area contributed by atoms with Crippen molar-refractivity contribution in [3.63, 3.8) is 0 Å². The molecule has 0 saturated carbocycles. The number of sulfonamides is 1. The highest BCUT2D eigenvalue weighted by molar-refractivity contribution is 7.89. The molecule has 10 heteroatoms. The molecular formula is C24H21F3N2O4S. The van der Waals surface area contributed by atoms with Gasteiger partial charge in [-0.25, -0.2) is 21.6 Å². The largest absolute Gasteiger partial charge is 0.496 e. The summed E-state index contributed by atoms with van der Waals surface area (Å²) >= 11 is 0. The van der Waals surface area contributed by atoms with Gasteiger partial charge in [-0.2, -0.15) is 4.31 Å². The first-order valence-corrected chi connectivity index (χ1v) is 11.8. The Kier molecular flexibility index (Phi) is 6.90. The van der Waals surface area contributed by atoms with Gasteiger partial charge in [0.15, 0.2) is 0 Å². The van der Waals surface area contributed by atoms with Crippen molar-refractivity contribution in [2.24, 2.45) is 5.16 Å². The fourth-order valence-electron chi connectivity index (χ4n) is 3.64. The van der Waals surface area contributed by atoms with E-state index in [-0.39, 0.29) is 30.0 Å². The molecule has 0 fully saturated rings. The van der Waals surface area contributed by atoms with Crippen molar-refractivity contribution in [3.05, 3.63) is 95.3 Å². The molecule has 3 aromatic carbocycles. The van der Waals surface area contributed by atoms with E-state index in [0.717, 1.165) is 34.6 Å². The minimum Gasteiger partial charge on any atom is -0.496 e. The molecule has 0 N–H and O–H groups in total. The lowest BCUT2D eigenvalue weighted by atomic mass is 10.0. The number of benzene rings is 3. The lowest BCUT2D eigenvalue weighted by molar-refractivity contribution is 0.0692. The van der Waals surface area contributed by atoms with Gasteiger partial charge in [-0.1, -0.05) is 23.4 Å². The number of hydrogen-bond acceptors (Lipinski definition) is 5. The zero-order valence-electron chi connectivity index (χ0n) is 18.1. The lowest BCUT2D eigenvalue weighted by Crippen LogP contribution is -2.37. The third-order valence-corrected chi connectivity index (χ3v) is 7.20. The van der Waals surface area contributed by atoms with Crippen molar-refractivity contribution in [1.82, 2.24) is 4.31 Å². The van der Waals surface area contributed by atoms with Crippen LogP contribution in [0.3, 0.4) is 0 Å². The van der Waals surface area contributed by atoms with Gasteiger partial charge in [0.05, 0.1) is 24.3 Å². The van der Waals surface area contributed by atoms with E-state index in [1.165, 1.54) is 13.2 Å². The normalized spacial score (nSPS) is 15.8. The maximum atomic E-state index is 14.4. The molecule has 1 aliphatic heterocycles. The zero-order valence-corrected chi connectivity index (χ0v) is 18.9. The van der Waals surface area contributed by atoms with Gasteiger partial charge < -0.3 is 9.57 Å². The summed E-state index contributed by atoms with van der Waals surface area (Å²) in [5, 5.41) is 4.09. The molecule has 0 aromatic heterocycles. The SMILES string of the molecule is COc1ccccc1C1=NOC(CN(Cc2ccc(F)cc2F)S(=O)(=O)c2ccc(F)cc2)C1. The summed E-state index contributed by atoms with van der Waals surface area (Å²) in [6.07, 6.45) is -0.388. The van der Waals surface area contributed by atoms with E-state index in [0.29, 0.717) is 23.1 Å². The van der Waals surface area contributed by atoms with E-state index in [2.05, 4.69) is 5.16 Å². The molecule has 6 nitrogen and oxygen atoms in total. The standard InChI is InChI=1S/C24H21F3N2O4S/c1-32-24-5-3-2-4-21(24)23-13-19(33-28-23)15-29(14-16-6-7-18(26)12-22(16)27)34(30,31)20-10-8-17(25)9-11-20/h2-12,19H,13-15H2,1H3. The Morgan fingerprint density at radius 3 is 2.44 bits per heavy atom. The van der Waals surface area contributed by atoms with Crippen molar-refractivity contribution in [3.8, 4) is 5.75 Å². The average molecular weight is 491 g/mol. The van der Waals surface area contributed by atoms with E-state index in [4.69, 9.17) is 9.57 Å². The second-order valence-electron chi connectivity index (χ2n) is 7.66. The highest BCUT2D eigenvalue weighted by Gasteiger charge is 2.32. The van der Waals surface area contributed by atoms with Crippen molar-refractivity contribution in [1.29, 1.82) is 0 Å². The summed E-state index contributed by atoms with van der Waals surface area (Å²) in [5.74, 6) is -1.65. The topological polar surface area (TPSA) is 68.2 Å². The van der Waals surface area contributed by atoms with Gasteiger partial charge in [0.2, 0.25) is 10.0 Å². The van der Waals surface area contributed by atoms with Crippen LogP contribution in [0.4, 0.5) is 13.2 Å². The molecule has 1 atom stereocenters. The molecule has 34 heavy (non-hydrogen) atoms. The number of oxime groups is 1. The summed E-state index contributed by atoms with van der Waals surface area (Å²) in [7, 11) is -2.65. The maximum absolute atomic E-state index is 14.4. The lowest BCUT2D eigenvalue weighted by Gasteiger charge is -2.24. The number of rotatable bonds is 8. The number of methoxy groups -OCH3 is 1. The molecule has 0 saturated heterocycles. The summed E-state index contributed by atoms with van der Waals surface area (Å²) < 4.78 is 74.2. The molecular weight excluding hydrogens is 469 g/mol. The Labute approximate surface area is 195 Å². The predicted molar refractivity (Wildman–Crippen MR) is 119 cm³/mol. The Balaban J connectivity index is 1.60. The quantitative estimate of drug-likeness (QED) is 0.467. The first kappa shape index (κ1) is 23.8. The van der Waals surface area contributed by atoms with Crippen molar-refractivity contribution in [2.75, 3.05) is 13.7 Å². The van der Waals surface area contributed by atoms with Crippen LogP contribution < -0.4 is 4.74 Å². The number of para-hydroxylation sites is 1. The van der Waals surface area contributed by atoms with Gasteiger partial charge in [0, 0.05) is 30.2 Å². The number of halogens is 3. The summed E-state index contributed by atoms with van der Waals surface area (Å²) in [6, 6.07) is 14.4. The van der Waals surface area contributed by atoms with Gasteiger partial charge in [-0.3, -0.25) is 0 Å².